The van der Waals surface area contributed by atoms with Gasteiger partial charge in [-0.05, 0) is 54.5 Å². The smallest absolute Gasteiger partial charge is 0.322 e. The molecule has 0 aromatic heterocycles. The van der Waals surface area contributed by atoms with Crippen LogP contribution in [0.25, 0.3) is 10.8 Å². The summed E-state index contributed by atoms with van der Waals surface area (Å²) in [6.45, 7) is 2.09. The first-order valence-electron chi connectivity index (χ1n) is 8.74. The third-order valence-corrected chi connectivity index (χ3v) is 7.17. The van der Waals surface area contributed by atoms with Gasteiger partial charge in [-0.25, -0.2) is 13.2 Å². The molecule has 6 nitrogen and oxygen atoms in total. The maximum atomic E-state index is 13.0. The number of urea groups is 1. The molecule has 1 saturated heterocycles. The van der Waals surface area contributed by atoms with Gasteiger partial charge in [-0.15, -0.1) is 4.31 Å². The number of hydrogen-bond acceptors (Lipinski definition) is 4. The molecule has 2 aliphatic rings. The second kappa shape index (κ2) is 5.81. The molecule has 0 atom stereocenters. The van der Waals surface area contributed by atoms with E-state index in [4.69, 9.17) is 0 Å². The van der Waals surface area contributed by atoms with Gasteiger partial charge in [0.1, 0.15) is 5.54 Å². The second-order valence-electron chi connectivity index (χ2n) is 7.28. The Hall–Kier alpha value is -2.41. The largest absolute Gasteiger partial charge is 0.339 e. The predicted octanol–water partition coefficient (Wildman–Crippen LogP) is 3.03. The van der Waals surface area contributed by atoms with Crippen molar-refractivity contribution < 1.29 is 18.0 Å². The van der Waals surface area contributed by atoms with Gasteiger partial charge in [-0.1, -0.05) is 37.3 Å². The van der Waals surface area contributed by atoms with Crippen LogP contribution in [0.5, 0.6) is 0 Å². The number of hydrogen-bond donors (Lipinski definition) is 1. The molecule has 1 heterocycles. The van der Waals surface area contributed by atoms with E-state index in [-0.39, 0.29) is 4.90 Å². The Bertz CT molecular complexity index is 1010. The highest BCUT2D eigenvalue weighted by atomic mass is 32.2. The molecule has 1 N–H and O–H groups in total. The van der Waals surface area contributed by atoms with E-state index in [1.165, 1.54) is 12.1 Å². The number of carbonyl (C=O) groups excluding carboxylic acids is 2. The molecule has 1 aliphatic carbocycles. The zero-order valence-electron chi connectivity index (χ0n) is 14.4. The van der Waals surface area contributed by atoms with Crippen LogP contribution in [-0.4, -0.2) is 30.2 Å². The lowest BCUT2D eigenvalue weighted by Gasteiger charge is -2.33. The van der Waals surface area contributed by atoms with Crippen LogP contribution in [0.1, 0.15) is 32.6 Å². The molecular formula is C19H20N2O4S. The molecule has 4 rings (SSSR count). The normalized spacial score (nSPS) is 26.5. The van der Waals surface area contributed by atoms with Crippen molar-refractivity contribution in [3.8, 4) is 0 Å². The molecule has 26 heavy (non-hydrogen) atoms. The van der Waals surface area contributed by atoms with Crippen LogP contribution in [0.15, 0.2) is 47.4 Å². The van der Waals surface area contributed by atoms with Crippen LogP contribution in [0.2, 0.25) is 0 Å². The van der Waals surface area contributed by atoms with Crippen molar-refractivity contribution in [2.75, 3.05) is 0 Å². The molecule has 136 valence electrons. The average molecular weight is 372 g/mol. The second-order valence-corrected chi connectivity index (χ2v) is 9.07. The molecule has 1 saturated carbocycles. The molecule has 1 spiro atoms. The van der Waals surface area contributed by atoms with E-state index >= 15 is 0 Å². The molecule has 0 bridgehead atoms. The molecule has 1 aliphatic heterocycles. The summed E-state index contributed by atoms with van der Waals surface area (Å²) in [5.41, 5.74) is -1.08. The van der Waals surface area contributed by atoms with Crippen LogP contribution in [-0.2, 0) is 14.8 Å². The number of fused-ring (bicyclic) bond motifs is 1. The fraction of sp³-hybridized carbons (Fsp3) is 0.368. The van der Waals surface area contributed by atoms with Crippen molar-refractivity contribution >= 4 is 32.7 Å². The van der Waals surface area contributed by atoms with Crippen LogP contribution in [0.4, 0.5) is 4.79 Å². The molecule has 2 aromatic rings. The lowest BCUT2D eigenvalue weighted by molar-refractivity contribution is -0.129. The number of imide groups is 1. The number of sulfonamides is 1. The minimum atomic E-state index is -4.25. The Morgan fingerprint density at radius 2 is 1.69 bits per heavy atom. The Labute approximate surface area is 152 Å². The van der Waals surface area contributed by atoms with Crippen LogP contribution >= 0.6 is 0 Å². The van der Waals surface area contributed by atoms with E-state index in [0.717, 1.165) is 23.6 Å². The van der Waals surface area contributed by atoms with Crippen molar-refractivity contribution in [1.82, 2.24) is 9.62 Å². The number of carbonyl (C=O) groups is 2. The quantitative estimate of drug-likeness (QED) is 0.822. The highest BCUT2D eigenvalue weighted by molar-refractivity contribution is 7.90. The minimum absolute atomic E-state index is 0.0547. The molecule has 0 radical (unpaired) electrons. The summed E-state index contributed by atoms with van der Waals surface area (Å²) in [4.78, 5) is 25.3. The highest BCUT2D eigenvalue weighted by Gasteiger charge is 2.56. The van der Waals surface area contributed by atoms with Gasteiger partial charge in [-0.2, -0.15) is 0 Å². The maximum Gasteiger partial charge on any atom is 0.339 e. The van der Waals surface area contributed by atoms with Crippen molar-refractivity contribution in [2.24, 2.45) is 5.92 Å². The minimum Gasteiger partial charge on any atom is -0.322 e. The van der Waals surface area contributed by atoms with E-state index in [2.05, 4.69) is 12.2 Å². The summed E-state index contributed by atoms with van der Waals surface area (Å²) < 4.78 is 26.5. The number of benzene rings is 2. The molecular weight excluding hydrogens is 352 g/mol. The Morgan fingerprint density at radius 1 is 1.04 bits per heavy atom. The Kier molecular flexibility index (Phi) is 3.80. The monoisotopic (exact) mass is 372 g/mol. The molecule has 3 amide bonds. The van der Waals surface area contributed by atoms with Gasteiger partial charge >= 0.3 is 6.03 Å². The zero-order chi connectivity index (χ0) is 18.5. The molecule has 2 aromatic carbocycles. The van der Waals surface area contributed by atoms with Gasteiger partial charge in [0.25, 0.3) is 15.9 Å². The van der Waals surface area contributed by atoms with Gasteiger partial charge in [0, 0.05) is 0 Å². The van der Waals surface area contributed by atoms with Crippen molar-refractivity contribution in [1.29, 1.82) is 0 Å². The number of rotatable bonds is 2. The Morgan fingerprint density at radius 3 is 2.38 bits per heavy atom. The molecule has 7 heteroatoms. The van der Waals surface area contributed by atoms with E-state index in [9.17, 15) is 18.0 Å². The summed E-state index contributed by atoms with van der Waals surface area (Å²) in [6.07, 6.45) is 2.52. The summed E-state index contributed by atoms with van der Waals surface area (Å²) in [7, 11) is -4.25. The first-order chi connectivity index (χ1) is 12.3. The van der Waals surface area contributed by atoms with Gasteiger partial charge in [0.15, 0.2) is 0 Å². The molecule has 2 fully saturated rings. The van der Waals surface area contributed by atoms with Crippen LogP contribution in [0.3, 0.4) is 0 Å². The van der Waals surface area contributed by atoms with E-state index in [0.29, 0.717) is 23.1 Å². The SMILES string of the molecule is CC1CCC2(CC1)NC(=O)N(S(=O)(=O)c1ccc3ccccc3c1)C2=O. The number of amides is 3. The first kappa shape index (κ1) is 17.0. The summed E-state index contributed by atoms with van der Waals surface area (Å²) in [5.74, 6) is -0.181. The number of nitrogens with zero attached hydrogens (tertiary/aromatic N) is 1. The maximum absolute atomic E-state index is 13.0. The lowest BCUT2D eigenvalue weighted by atomic mass is 9.77. The lowest BCUT2D eigenvalue weighted by Crippen LogP contribution is -2.49. The first-order valence-corrected chi connectivity index (χ1v) is 10.2. The van der Waals surface area contributed by atoms with Crippen molar-refractivity contribution in [3.05, 3.63) is 42.5 Å². The van der Waals surface area contributed by atoms with Gasteiger partial charge in [0.2, 0.25) is 0 Å². The third kappa shape index (κ3) is 2.49. The summed E-state index contributed by atoms with van der Waals surface area (Å²) in [6, 6.07) is 11.1. The van der Waals surface area contributed by atoms with E-state index in [1.807, 2.05) is 18.2 Å². The fourth-order valence-electron chi connectivity index (χ4n) is 3.84. The van der Waals surface area contributed by atoms with Crippen LogP contribution in [0, 0.1) is 5.92 Å². The predicted molar refractivity (Wildman–Crippen MR) is 96.9 cm³/mol. The zero-order valence-corrected chi connectivity index (χ0v) is 15.3. The number of nitrogens with one attached hydrogen (secondary N) is 1. The average Bonchev–Trinajstić information content (AvgIpc) is 2.87. The molecule has 0 unspecified atom stereocenters. The van der Waals surface area contributed by atoms with Crippen molar-refractivity contribution in [3.63, 3.8) is 0 Å². The van der Waals surface area contributed by atoms with Gasteiger partial charge in [0.05, 0.1) is 4.90 Å². The van der Waals surface area contributed by atoms with Gasteiger partial charge < -0.3 is 5.32 Å². The summed E-state index contributed by atoms with van der Waals surface area (Å²) >= 11 is 0. The van der Waals surface area contributed by atoms with E-state index < -0.39 is 27.5 Å². The van der Waals surface area contributed by atoms with Gasteiger partial charge in [-0.3, -0.25) is 4.79 Å². The summed E-state index contributed by atoms with van der Waals surface area (Å²) in [5, 5.41) is 4.29. The topological polar surface area (TPSA) is 83.6 Å². The Balaban J connectivity index is 1.73. The van der Waals surface area contributed by atoms with Crippen molar-refractivity contribution in [2.45, 2.75) is 43.0 Å². The standard InChI is InChI=1S/C19H20N2O4S/c1-13-8-10-19(11-9-13)17(22)21(18(23)20-19)26(24,25)16-7-6-14-4-2-3-5-15(14)12-16/h2-7,12-13H,8-11H2,1H3,(H,20,23). The highest BCUT2D eigenvalue weighted by Crippen LogP contribution is 2.38. The fourth-order valence-corrected chi connectivity index (χ4v) is 5.22. The van der Waals surface area contributed by atoms with E-state index in [1.54, 1.807) is 12.1 Å². The third-order valence-electron chi connectivity index (χ3n) is 5.51. The van der Waals surface area contributed by atoms with Crippen LogP contribution < -0.4 is 5.32 Å².